The Morgan fingerprint density at radius 1 is 1.11 bits per heavy atom. The molecule has 0 unspecified atom stereocenters. The summed E-state index contributed by atoms with van der Waals surface area (Å²) in [6, 6.07) is 0. The number of nitrogens with one attached hydrogen (secondary N) is 1. The topological polar surface area (TPSA) is 108 Å². The van der Waals surface area contributed by atoms with Crippen LogP contribution < -0.4 is 5.43 Å². The van der Waals surface area contributed by atoms with E-state index in [-0.39, 0.29) is 24.1 Å². The highest BCUT2D eigenvalue weighted by Gasteiger charge is 2.26. The van der Waals surface area contributed by atoms with Gasteiger partial charge in [-0.05, 0) is 26.7 Å². The van der Waals surface area contributed by atoms with E-state index < -0.39 is 0 Å². The predicted octanol–water partition coefficient (Wildman–Crippen LogP) is 0.551. The van der Waals surface area contributed by atoms with E-state index in [1.807, 2.05) is 18.7 Å². The lowest BCUT2D eigenvalue weighted by Gasteiger charge is -2.23. The van der Waals surface area contributed by atoms with Crippen LogP contribution in [0.25, 0.3) is 0 Å². The van der Waals surface area contributed by atoms with E-state index in [4.69, 9.17) is 4.52 Å². The van der Waals surface area contributed by atoms with Crippen molar-refractivity contribution in [2.75, 3.05) is 26.2 Å². The first-order valence-electron chi connectivity index (χ1n) is 9.30. The fraction of sp³-hybridized carbons (Fsp3) is 0.611. The highest BCUT2D eigenvalue weighted by Crippen LogP contribution is 2.16. The fourth-order valence-corrected chi connectivity index (χ4v) is 3.43. The third-order valence-corrected chi connectivity index (χ3v) is 5.06. The van der Waals surface area contributed by atoms with Crippen LogP contribution in [0, 0.1) is 13.8 Å². The van der Waals surface area contributed by atoms with E-state index in [1.54, 1.807) is 4.90 Å². The first-order chi connectivity index (χ1) is 13.0. The van der Waals surface area contributed by atoms with Crippen LogP contribution in [0.1, 0.15) is 42.7 Å². The summed E-state index contributed by atoms with van der Waals surface area (Å²) in [7, 11) is 0. The summed E-state index contributed by atoms with van der Waals surface area (Å²) < 4.78 is 5.14. The number of hydrazone groups is 1. The SMILES string of the molecule is Cc1noc(C)c1CCC(=O)N1CCCN(C(=O)C2=NNC(=O)CC2)CC1. The quantitative estimate of drug-likeness (QED) is 0.827. The number of hydrogen-bond acceptors (Lipinski definition) is 6. The number of carbonyl (C=O) groups excluding carboxylic acids is 3. The summed E-state index contributed by atoms with van der Waals surface area (Å²) in [5.74, 6) is 0.511. The van der Waals surface area contributed by atoms with Crippen LogP contribution in [0.3, 0.4) is 0 Å². The molecule has 0 spiro atoms. The molecule has 0 atom stereocenters. The molecule has 1 fully saturated rings. The van der Waals surface area contributed by atoms with Gasteiger partial charge in [0.1, 0.15) is 11.5 Å². The summed E-state index contributed by atoms with van der Waals surface area (Å²) in [6.07, 6.45) is 2.37. The molecule has 0 aliphatic carbocycles. The van der Waals surface area contributed by atoms with Crippen molar-refractivity contribution in [1.29, 1.82) is 0 Å². The van der Waals surface area contributed by atoms with E-state index in [0.717, 1.165) is 23.4 Å². The zero-order valence-electron chi connectivity index (χ0n) is 15.8. The molecule has 0 aromatic carbocycles. The van der Waals surface area contributed by atoms with Crippen LogP contribution in [0.15, 0.2) is 9.62 Å². The van der Waals surface area contributed by atoms with Crippen molar-refractivity contribution in [2.24, 2.45) is 5.10 Å². The molecule has 27 heavy (non-hydrogen) atoms. The lowest BCUT2D eigenvalue weighted by molar-refractivity contribution is -0.131. The largest absolute Gasteiger partial charge is 0.361 e. The molecule has 9 nitrogen and oxygen atoms in total. The highest BCUT2D eigenvalue weighted by atomic mass is 16.5. The Bertz CT molecular complexity index is 750. The monoisotopic (exact) mass is 375 g/mol. The highest BCUT2D eigenvalue weighted by molar-refractivity contribution is 6.39. The van der Waals surface area contributed by atoms with Gasteiger partial charge in [-0.25, -0.2) is 5.43 Å². The van der Waals surface area contributed by atoms with Gasteiger partial charge in [-0.2, -0.15) is 5.10 Å². The maximum atomic E-state index is 12.6. The summed E-state index contributed by atoms with van der Waals surface area (Å²) in [6.45, 7) is 5.93. The van der Waals surface area contributed by atoms with E-state index >= 15 is 0 Å². The second kappa shape index (κ2) is 8.32. The average Bonchev–Trinajstić information content (AvgIpc) is 2.86. The number of aryl methyl sites for hydroxylation is 2. The standard InChI is InChI=1S/C18H25N5O4/c1-12-14(13(2)27-21-12)4-7-17(25)22-8-3-9-23(11-10-22)18(26)15-5-6-16(24)20-19-15/h3-11H2,1-2H3,(H,20,24). The molecule has 3 amide bonds. The second-order valence-electron chi connectivity index (χ2n) is 6.92. The van der Waals surface area contributed by atoms with Gasteiger partial charge in [0.05, 0.1) is 5.69 Å². The zero-order valence-corrected chi connectivity index (χ0v) is 15.8. The van der Waals surface area contributed by atoms with E-state index in [0.29, 0.717) is 51.2 Å². The third kappa shape index (κ3) is 4.53. The minimum absolute atomic E-state index is 0.0755. The van der Waals surface area contributed by atoms with Crippen molar-refractivity contribution >= 4 is 23.4 Å². The molecule has 0 bridgehead atoms. The van der Waals surface area contributed by atoms with Gasteiger partial charge in [-0.15, -0.1) is 0 Å². The van der Waals surface area contributed by atoms with E-state index in [1.165, 1.54) is 0 Å². The van der Waals surface area contributed by atoms with Crippen LogP contribution >= 0.6 is 0 Å². The summed E-state index contributed by atoms with van der Waals surface area (Å²) in [5, 5.41) is 7.79. The Balaban J connectivity index is 1.52. The first kappa shape index (κ1) is 19.1. The van der Waals surface area contributed by atoms with Crippen molar-refractivity contribution in [3.8, 4) is 0 Å². The number of hydrogen-bond donors (Lipinski definition) is 1. The van der Waals surface area contributed by atoms with Crippen LogP contribution in [0.4, 0.5) is 0 Å². The number of nitrogens with zero attached hydrogens (tertiary/aromatic N) is 4. The van der Waals surface area contributed by atoms with Crippen molar-refractivity contribution in [1.82, 2.24) is 20.4 Å². The molecule has 1 aromatic rings. The van der Waals surface area contributed by atoms with E-state index in [2.05, 4.69) is 15.7 Å². The molecular formula is C18H25N5O4. The molecular weight excluding hydrogens is 350 g/mol. The molecule has 3 heterocycles. The number of amides is 3. The van der Waals surface area contributed by atoms with Gasteiger partial charge >= 0.3 is 0 Å². The molecule has 1 aromatic heterocycles. The smallest absolute Gasteiger partial charge is 0.270 e. The maximum absolute atomic E-state index is 12.6. The Hall–Kier alpha value is -2.71. The number of carbonyl (C=O) groups is 3. The van der Waals surface area contributed by atoms with E-state index in [9.17, 15) is 14.4 Å². The first-order valence-corrected chi connectivity index (χ1v) is 9.30. The second-order valence-corrected chi connectivity index (χ2v) is 6.92. The van der Waals surface area contributed by atoms with Gasteiger partial charge in [0.2, 0.25) is 11.8 Å². The third-order valence-electron chi connectivity index (χ3n) is 5.06. The molecule has 1 N–H and O–H groups in total. The van der Waals surface area contributed by atoms with Crippen LogP contribution in [-0.2, 0) is 20.8 Å². The summed E-state index contributed by atoms with van der Waals surface area (Å²) in [5.41, 5.74) is 4.56. The lowest BCUT2D eigenvalue weighted by Crippen LogP contribution is -2.42. The molecule has 3 rings (SSSR count). The lowest BCUT2D eigenvalue weighted by atomic mass is 10.1. The Morgan fingerprint density at radius 3 is 2.52 bits per heavy atom. The van der Waals surface area contributed by atoms with Crippen molar-refractivity contribution in [3.05, 3.63) is 17.0 Å². The van der Waals surface area contributed by atoms with Crippen molar-refractivity contribution < 1.29 is 18.9 Å². The zero-order chi connectivity index (χ0) is 19.4. The van der Waals surface area contributed by atoms with Gasteiger partial charge in [-0.3, -0.25) is 14.4 Å². The predicted molar refractivity (Wildman–Crippen MR) is 96.9 cm³/mol. The average molecular weight is 375 g/mol. The molecule has 2 aliphatic heterocycles. The van der Waals surface area contributed by atoms with Crippen molar-refractivity contribution in [3.63, 3.8) is 0 Å². The molecule has 1 saturated heterocycles. The Labute approximate surface area is 157 Å². The normalized spacial score (nSPS) is 18.0. The van der Waals surface area contributed by atoms with Crippen molar-refractivity contribution in [2.45, 2.75) is 46.0 Å². The molecule has 9 heteroatoms. The van der Waals surface area contributed by atoms with Gasteiger partial charge in [-0.1, -0.05) is 5.16 Å². The number of rotatable bonds is 4. The maximum Gasteiger partial charge on any atom is 0.270 e. The molecule has 2 aliphatic rings. The van der Waals surface area contributed by atoms with Gasteiger partial charge in [0.25, 0.3) is 5.91 Å². The van der Waals surface area contributed by atoms with Gasteiger partial charge < -0.3 is 14.3 Å². The van der Waals surface area contributed by atoms with Gasteiger partial charge in [0.15, 0.2) is 0 Å². The number of aromatic nitrogens is 1. The van der Waals surface area contributed by atoms with Crippen LogP contribution in [0.5, 0.6) is 0 Å². The fourth-order valence-electron chi connectivity index (χ4n) is 3.43. The molecule has 0 radical (unpaired) electrons. The summed E-state index contributed by atoms with van der Waals surface area (Å²) >= 11 is 0. The van der Waals surface area contributed by atoms with Gasteiger partial charge in [0, 0.05) is 51.0 Å². The summed E-state index contributed by atoms with van der Waals surface area (Å²) in [4.78, 5) is 39.9. The van der Waals surface area contributed by atoms with Crippen LogP contribution in [-0.4, -0.2) is 64.6 Å². The molecule has 0 saturated carbocycles. The van der Waals surface area contributed by atoms with Crippen LogP contribution in [0.2, 0.25) is 0 Å². The Kier molecular flexibility index (Phi) is 5.88. The molecule has 146 valence electrons. The minimum atomic E-state index is -0.169. The minimum Gasteiger partial charge on any atom is -0.361 e. The Morgan fingerprint density at radius 2 is 1.85 bits per heavy atom.